The van der Waals surface area contributed by atoms with Gasteiger partial charge in [0.1, 0.15) is 6.04 Å². The summed E-state index contributed by atoms with van der Waals surface area (Å²) in [6.07, 6.45) is 0.639. The topological polar surface area (TPSA) is 61.9 Å². The Balaban J connectivity index is 0.00000324. The molecule has 0 saturated carbocycles. The predicted octanol–water partition coefficient (Wildman–Crippen LogP) is 4.51. The fourth-order valence-corrected chi connectivity index (χ4v) is 5.00. The van der Waals surface area contributed by atoms with Crippen molar-refractivity contribution in [2.75, 3.05) is 39.9 Å². The molecule has 2 aromatic rings. The quantitative estimate of drug-likeness (QED) is 0.612. The van der Waals surface area contributed by atoms with Crippen molar-refractivity contribution in [3.05, 3.63) is 68.7 Å². The average Bonchev–Trinajstić information content (AvgIpc) is 2.85. The van der Waals surface area contributed by atoms with Gasteiger partial charge in [-0.25, -0.2) is 0 Å². The summed E-state index contributed by atoms with van der Waals surface area (Å²) in [5, 5.41) is 4.73. The third kappa shape index (κ3) is 5.99. The highest BCUT2D eigenvalue weighted by Crippen LogP contribution is 2.35. The maximum atomic E-state index is 13.2. The smallest absolute Gasteiger partial charge is 0.253 e. The molecule has 0 aliphatic carbocycles. The predicted molar refractivity (Wildman–Crippen MR) is 138 cm³/mol. The van der Waals surface area contributed by atoms with Gasteiger partial charge in [0.25, 0.3) is 5.91 Å². The summed E-state index contributed by atoms with van der Waals surface area (Å²) in [5.41, 5.74) is 1.51. The van der Waals surface area contributed by atoms with E-state index >= 15 is 0 Å². The van der Waals surface area contributed by atoms with E-state index in [1.54, 1.807) is 42.3 Å². The first-order valence-electron chi connectivity index (χ1n) is 10.9. The van der Waals surface area contributed by atoms with Crippen LogP contribution in [0, 0.1) is 0 Å². The van der Waals surface area contributed by atoms with Gasteiger partial charge in [-0.2, -0.15) is 0 Å². The summed E-state index contributed by atoms with van der Waals surface area (Å²) < 4.78 is 5.48. The molecule has 10 heteroatoms. The van der Waals surface area contributed by atoms with Crippen LogP contribution in [0.15, 0.2) is 42.5 Å². The van der Waals surface area contributed by atoms with Crippen molar-refractivity contribution >= 4 is 59.0 Å². The molecule has 2 aliphatic heterocycles. The first-order chi connectivity index (χ1) is 15.8. The largest absolute Gasteiger partial charge is 0.378 e. The molecule has 1 N–H and O–H groups in total. The normalized spacial score (nSPS) is 22.6. The molecule has 4 rings (SSSR count). The minimum absolute atomic E-state index is 0. The molecule has 0 aromatic heterocycles. The average molecular weight is 547 g/mol. The van der Waals surface area contributed by atoms with Gasteiger partial charge in [-0.15, -0.1) is 12.4 Å². The first kappa shape index (κ1) is 27.1. The summed E-state index contributed by atoms with van der Waals surface area (Å²) in [7, 11) is 1.81. The second-order valence-corrected chi connectivity index (χ2v) is 9.68. The van der Waals surface area contributed by atoms with E-state index in [2.05, 4.69) is 5.32 Å². The zero-order chi connectivity index (χ0) is 23.5. The number of benzene rings is 2. The van der Waals surface area contributed by atoms with Crippen LogP contribution in [0.25, 0.3) is 0 Å². The van der Waals surface area contributed by atoms with Crippen LogP contribution in [-0.2, 0) is 9.53 Å². The van der Waals surface area contributed by atoms with Crippen molar-refractivity contribution in [3.8, 4) is 0 Å². The Bertz CT molecular complexity index is 1020. The number of carbonyl (C=O) groups excluding carboxylic acids is 2. The van der Waals surface area contributed by atoms with Crippen molar-refractivity contribution < 1.29 is 14.3 Å². The SMILES string of the molecule is CN(C(=O)c1ccc(Cl)cc1)[C@@H]1CCN(C(=O)C2COCCN2)C[C@H]1c1ccc(Cl)c(Cl)c1.Cl. The Morgan fingerprint density at radius 3 is 2.47 bits per heavy atom. The molecule has 2 heterocycles. The summed E-state index contributed by atoms with van der Waals surface area (Å²) in [5.74, 6) is -0.197. The van der Waals surface area contributed by atoms with E-state index in [0.717, 1.165) is 5.56 Å². The van der Waals surface area contributed by atoms with Gasteiger partial charge in [0.15, 0.2) is 0 Å². The Hall–Kier alpha value is -1.54. The Labute approximate surface area is 220 Å². The van der Waals surface area contributed by atoms with E-state index in [1.165, 1.54) is 0 Å². The lowest BCUT2D eigenvalue weighted by Gasteiger charge is -2.44. The highest BCUT2D eigenvalue weighted by molar-refractivity contribution is 6.42. The molecule has 1 unspecified atom stereocenters. The molecular weight excluding hydrogens is 520 g/mol. The highest BCUT2D eigenvalue weighted by Gasteiger charge is 2.38. The molecule has 0 spiro atoms. The summed E-state index contributed by atoms with van der Waals surface area (Å²) in [6, 6.07) is 11.9. The maximum Gasteiger partial charge on any atom is 0.253 e. The van der Waals surface area contributed by atoms with Crippen LogP contribution < -0.4 is 5.32 Å². The van der Waals surface area contributed by atoms with E-state index in [0.29, 0.717) is 59.9 Å². The van der Waals surface area contributed by atoms with Crippen molar-refractivity contribution in [2.45, 2.75) is 24.4 Å². The Kier molecular flexibility index (Phi) is 9.49. The van der Waals surface area contributed by atoms with Gasteiger partial charge >= 0.3 is 0 Å². The Morgan fingerprint density at radius 2 is 1.82 bits per heavy atom. The molecule has 3 atom stereocenters. The van der Waals surface area contributed by atoms with Gasteiger partial charge in [0.05, 0.1) is 23.3 Å². The van der Waals surface area contributed by atoms with Crippen LogP contribution in [0.4, 0.5) is 0 Å². The fourth-order valence-electron chi connectivity index (χ4n) is 4.57. The van der Waals surface area contributed by atoms with Crippen LogP contribution in [0.3, 0.4) is 0 Å². The fraction of sp³-hybridized carbons (Fsp3) is 0.417. The number of morpholine rings is 1. The van der Waals surface area contributed by atoms with Crippen LogP contribution in [-0.4, -0.2) is 73.6 Å². The molecule has 0 bridgehead atoms. The van der Waals surface area contributed by atoms with Gasteiger partial charge in [-0.1, -0.05) is 40.9 Å². The first-order valence-corrected chi connectivity index (χ1v) is 12.1. The lowest BCUT2D eigenvalue weighted by atomic mass is 9.84. The molecule has 0 radical (unpaired) electrons. The number of piperidine rings is 1. The van der Waals surface area contributed by atoms with Crippen molar-refractivity contribution in [2.24, 2.45) is 0 Å². The number of nitrogens with one attached hydrogen (secondary N) is 1. The lowest BCUT2D eigenvalue weighted by molar-refractivity contribution is -0.138. The standard InChI is InChI=1S/C24H26Cl3N3O3.ClH/c1-29(23(31)15-2-5-17(25)6-3-15)22-8-10-30(24(32)21-14-33-11-9-28-21)13-18(22)16-4-7-19(26)20(27)12-16;/h2-7,12,18,21-22,28H,8-11,13-14H2,1H3;1H/t18-,21?,22+;/m0./s1. The van der Waals surface area contributed by atoms with Gasteiger partial charge in [-0.05, 0) is 48.4 Å². The zero-order valence-corrected chi connectivity index (χ0v) is 21.8. The molecule has 2 saturated heterocycles. The maximum absolute atomic E-state index is 13.2. The van der Waals surface area contributed by atoms with E-state index in [4.69, 9.17) is 39.5 Å². The van der Waals surface area contributed by atoms with Crippen LogP contribution in [0.1, 0.15) is 28.3 Å². The van der Waals surface area contributed by atoms with Crippen molar-refractivity contribution in [1.82, 2.24) is 15.1 Å². The molecule has 184 valence electrons. The monoisotopic (exact) mass is 545 g/mol. The van der Waals surface area contributed by atoms with Gasteiger partial charge in [-0.3, -0.25) is 9.59 Å². The summed E-state index contributed by atoms with van der Waals surface area (Å²) in [4.78, 5) is 30.0. The Morgan fingerprint density at radius 1 is 1.09 bits per heavy atom. The summed E-state index contributed by atoms with van der Waals surface area (Å²) >= 11 is 18.5. The van der Waals surface area contributed by atoms with Crippen LogP contribution in [0.2, 0.25) is 15.1 Å². The second-order valence-electron chi connectivity index (χ2n) is 8.42. The lowest BCUT2D eigenvalue weighted by Crippen LogP contribution is -2.57. The molecule has 2 fully saturated rings. The number of nitrogens with zero attached hydrogens (tertiary/aromatic N) is 2. The van der Waals surface area contributed by atoms with E-state index in [1.807, 2.05) is 17.0 Å². The van der Waals surface area contributed by atoms with Crippen LogP contribution in [0.5, 0.6) is 0 Å². The third-order valence-electron chi connectivity index (χ3n) is 6.39. The number of carbonyl (C=O) groups is 2. The zero-order valence-electron chi connectivity index (χ0n) is 18.7. The van der Waals surface area contributed by atoms with E-state index < -0.39 is 0 Å². The number of halogens is 4. The van der Waals surface area contributed by atoms with E-state index in [9.17, 15) is 9.59 Å². The highest BCUT2D eigenvalue weighted by atomic mass is 35.5. The number of hydrogen-bond acceptors (Lipinski definition) is 4. The van der Waals surface area contributed by atoms with Gasteiger partial charge < -0.3 is 19.9 Å². The molecular formula is C24H27Cl4N3O3. The van der Waals surface area contributed by atoms with Crippen molar-refractivity contribution in [1.29, 1.82) is 0 Å². The number of likely N-dealkylation sites (N-methyl/N-ethyl adjacent to an activating group) is 1. The van der Waals surface area contributed by atoms with Gasteiger partial charge in [0.2, 0.25) is 5.91 Å². The number of rotatable bonds is 4. The number of hydrogen-bond donors (Lipinski definition) is 1. The molecule has 2 aromatic carbocycles. The molecule has 2 aliphatic rings. The summed E-state index contributed by atoms with van der Waals surface area (Å²) in [6.45, 7) is 2.65. The number of likely N-dealkylation sites (tertiary alicyclic amines) is 1. The molecule has 2 amide bonds. The second kappa shape index (κ2) is 11.9. The van der Waals surface area contributed by atoms with Crippen molar-refractivity contribution in [3.63, 3.8) is 0 Å². The van der Waals surface area contributed by atoms with E-state index in [-0.39, 0.29) is 42.2 Å². The third-order valence-corrected chi connectivity index (χ3v) is 7.38. The molecule has 34 heavy (non-hydrogen) atoms. The van der Waals surface area contributed by atoms with Crippen LogP contribution >= 0.6 is 47.2 Å². The minimum Gasteiger partial charge on any atom is -0.378 e. The molecule has 6 nitrogen and oxygen atoms in total. The number of ether oxygens (including phenoxy) is 1. The van der Waals surface area contributed by atoms with Gasteiger partial charge in [0, 0.05) is 49.2 Å². The minimum atomic E-state index is -0.349. The number of amides is 2.